The van der Waals surface area contributed by atoms with Gasteiger partial charge in [-0.2, -0.15) is 0 Å². The van der Waals surface area contributed by atoms with Gasteiger partial charge in [-0.05, 0) is 12.7 Å². The third-order valence-electron chi connectivity index (χ3n) is 0.574. The second-order valence-electron chi connectivity index (χ2n) is 1.28. The molecule has 1 unspecified atom stereocenters. The minimum atomic E-state index is -2.69. The molecule has 10 heavy (non-hydrogen) atoms. The van der Waals surface area contributed by atoms with Crippen LogP contribution in [-0.4, -0.2) is 12.4 Å². The van der Waals surface area contributed by atoms with Crippen molar-refractivity contribution in [1.29, 1.82) is 0 Å². The third-order valence-corrected chi connectivity index (χ3v) is 5.03. The second-order valence-corrected chi connectivity index (χ2v) is 7.62. The Kier molecular flexibility index (Phi) is 9.95. The van der Waals surface area contributed by atoms with Crippen LogP contribution in [0.4, 0.5) is 0 Å². The largest absolute Gasteiger partial charge is 1.00 e. The quantitative estimate of drug-likeness (QED) is 0.556. The molecule has 0 heterocycles. The van der Waals surface area contributed by atoms with E-state index in [2.05, 4.69) is 11.8 Å². The van der Waals surface area contributed by atoms with Crippen molar-refractivity contribution in [3.63, 3.8) is 0 Å². The Bertz CT molecular complexity index is 112. The molecule has 0 aliphatic heterocycles. The van der Waals surface area contributed by atoms with Gasteiger partial charge in [-0.15, -0.1) is 11.4 Å². The first-order chi connectivity index (χ1) is 4.12. The van der Waals surface area contributed by atoms with Crippen LogP contribution in [0.5, 0.6) is 0 Å². The van der Waals surface area contributed by atoms with Crippen LogP contribution in [0.2, 0.25) is 0 Å². The molecule has 0 saturated heterocycles. The van der Waals surface area contributed by atoms with Gasteiger partial charge < -0.3 is 9.42 Å². The van der Waals surface area contributed by atoms with Crippen molar-refractivity contribution in [3.05, 3.63) is 0 Å². The molecule has 6 heteroatoms. The minimum absolute atomic E-state index is 0. The van der Waals surface area contributed by atoms with Crippen molar-refractivity contribution < 1.29 is 26.5 Å². The average Bonchev–Trinajstić information content (AvgIpc) is 1.64. The zero-order valence-corrected chi connectivity index (χ0v) is 9.27. The molecule has 0 N–H and O–H groups in total. The number of hydrogen-bond donors (Lipinski definition) is 0. The molecule has 0 radical (unpaired) electrons. The van der Waals surface area contributed by atoms with Crippen LogP contribution < -0.4 is 4.89 Å². The summed E-state index contributed by atoms with van der Waals surface area (Å²) in [6.07, 6.45) is 0. The summed E-state index contributed by atoms with van der Waals surface area (Å²) in [6, 6.07) is 0. The summed E-state index contributed by atoms with van der Waals surface area (Å²) in [5, 5.41) is 0. The molecule has 0 amide bonds. The monoisotopic (exact) mass is 248 g/mol. The van der Waals surface area contributed by atoms with E-state index >= 15 is 0 Å². The van der Waals surface area contributed by atoms with Gasteiger partial charge in [0.15, 0.2) is 0 Å². The standard InChI is InChI=1S/C4H11O2PS2.Cu/c1-3-6-7(5,8)9-4-2;/h3-4H2,1-2H3,(H,5,8);/q;+1/p-1. The van der Waals surface area contributed by atoms with Gasteiger partial charge in [0.05, 0.1) is 0 Å². The molecule has 0 aliphatic rings. The van der Waals surface area contributed by atoms with Gasteiger partial charge in [0, 0.05) is 12.3 Å². The fourth-order valence-corrected chi connectivity index (χ4v) is 3.81. The fraction of sp³-hybridized carbons (Fsp3) is 1.00. The van der Waals surface area contributed by atoms with Gasteiger partial charge in [0.25, 0.3) is 0 Å². The minimum Gasteiger partial charge on any atom is -0.793 e. The first-order valence-corrected chi connectivity index (χ1v) is 6.95. The van der Waals surface area contributed by atoms with Crippen LogP contribution in [0.1, 0.15) is 13.8 Å². The molecule has 0 saturated carbocycles. The van der Waals surface area contributed by atoms with E-state index in [4.69, 9.17) is 4.52 Å². The SMILES string of the molecule is CCOP([O-])(=S)SCC.[Cu+]. The summed E-state index contributed by atoms with van der Waals surface area (Å²) in [7, 11) is 0. The van der Waals surface area contributed by atoms with Gasteiger partial charge in [-0.1, -0.05) is 18.7 Å². The van der Waals surface area contributed by atoms with Crippen molar-refractivity contribution >= 4 is 28.9 Å². The molecular formula is C4H10CuO2PS2. The average molecular weight is 249 g/mol. The van der Waals surface area contributed by atoms with E-state index in [1.165, 1.54) is 11.4 Å². The Balaban J connectivity index is 0. The summed E-state index contributed by atoms with van der Waals surface area (Å²) in [5.74, 6) is 0.751. The summed E-state index contributed by atoms with van der Waals surface area (Å²) in [6.45, 7) is 4.13. The zero-order chi connectivity index (χ0) is 7.33. The summed E-state index contributed by atoms with van der Waals surface area (Å²) in [4.78, 5) is 11.0. The van der Waals surface area contributed by atoms with Crippen LogP contribution in [0, 0.1) is 0 Å². The van der Waals surface area contributed by atoms with E-state index in [0.717, 1.165) is 5.75 Å². The van der Waals surface area contributed by atoms with Crippen LogP contribution in [0.15, 0.2) is 0 Å². The van der Waals surface area contributed by atoms with Crippen molar-refractivity contribution in [2.75, 3.05) is 12.4 Å². The maximum absolute atomic E-state index is 11.0. The molecular weight excluding hydrogens is 239 g/mol. The predicted octanol–water partition coefficient (Wildman–Crippen LogP) is 1.36. The molecule has 0 aliphatic carbocycles. The Morgan fingerprint density at radius 2 is 2.10 bits per heavy atom. The van der Waals surface area contributed by atoms with Crippen molar-refractivity contribution in [2.24, 2.45) is 0 Å². The van der Waals surface area contributed by atoms with E-state index < -0.39 is 5.69 Å². The summed E-state index contributed by atoms with van der Waals surface area (Å²) in [5.41, 5.74) is -2.69. The first-order valence-electron chi connectivity index (χ1n) is 2.72. The van der Waals surface area contributed by atoms with E-state index in [1.807, 2.05) is 6.92 Å². The van der Waals surface area contributed by atoms with Gasteiger partial charge in [0.1, 0.15) is 0 Å². The van der Waals surface area contributed by atoms with Gasteiger partial charge in [-0.25, -0.2) is 0 Å². The van der Waals surface area contributed by atoms with Gasteiger partial charge in [-0.3, -0.25) is 0 Å². The molecule has 2 nitrogen and oxygen atoms in total. The van der Waals surface area contributed by atoms with Crippen LogP contribution >= 0.6 is 17.1 Å². The molecule has 1 atom stereocenters. The van der Waals surface area contributed by atoms with Gasteiger partial charge in [0.2, 0.25) is 0 Å². The summed E-state index contributed by atoms with van der Waals surface area (Å²) < 4.78 is 4.80. The maximum atomic E-state index is 11.0. The van der Waals surface area contributed by atoms with Crippen molar-refractivity contribution in [1.82, 2.24) is 0 Å². The molecule has 0 fully saturated rings. The van der Waals surface area contributed by atoms with Crippen LogP contribution in [-0.2, 0) is 33.4 Å². The van der Waals surface area contributed by atoms with Crippen LogP contribution in [0.3, 0.4) is 0 Å². The smallest absolute Gasteiger partial charge is 0.793 e. The molecule has 0 spiro atoms. The number of rotatable bonds is 4. The van der Waals surface area contributed by atoms with Crippen molar-refractivity contribution in [3.8, 4) is 0 Å². The Hall–Kier alpha value is 1.44. The molecule has 0 aromatic carbocycles. The zero-order valence-electron chi connectivity index (χ0n) is 5.80. The Morgan fingerprint density at radius 1 is 1.60 bits per heavy atom. The Labute approximate surface area is 81.5 Å². The Morgan fingerprint density at radius 3 is 2.40 bits per heavy atom. The first kappa shape index (κ1) is 14.0. The topological polar surface area (TPSA) is 32.3 Å². The third kappa shape index (κ3) is 7.55. The normalized spacial score (nSPS) is 15.5. The van der Waals surface area contributed by atoms with E-state index in [0.29, 0.717) is 6.61 Å². The van der Waals surface area contributed by atoms with E-state index in [9.17, 15) is 4.89 Å². The molecule has 0 rings (SSSR count). The predicted molar refractivity (Wildman–Crippen MR) is 44.0 cm³/mol. The van der Waals surface area contributed by atoms with Crippen LogP contribution in [0.25, 0.3) is 0 Å². The fourth-order valence-electron chi connectivity index (χ4n) is 0.353. The van der Waals surface area contributed by atoms with Gasteiger partial charge >= 0.3 is 17.1 Å². The maximum Gasteiger partial charge on any atom is 1.00 e. The van der Waals surface area contributed by atoms with E-state index in [-0.39, 0.29) is 17.1 Å². The molecule has 0 bridgehead atoms. The summed E-state index contributed by atoms with van der Waals surface area (Å²) >= 11 is 5.84. The van der Waals surface area contributed by atoms with Crippen molar-refractivity contribution in [2.45, 2.75) is 13.8 Å². The molecule has 0 aromatic rings. The second kappa shape index (κ2) is 7.11. The molecule has 66 valence electrons. The molecule has 0 aromatic heterocycles. The van der Waals surface area contributed by atoms with E-state index in [1.54, 1.807) is 6.92 Å². The number of hydrogen-bond acceptors (Lipinski definition) is 4.